The van der Waals surface area contributed by atoms with Gasteiger partial charge in [-0.1, -0.05) is 20.3 Å². The molecule has 2 nitrogen and oxygen atoms in total. The van der Waals surface area contributed by atoms with Crippen LogP contribution < -0.4 is 5.73 Å². The van der Waals surface area contributed by atoms with Gasteiger partial charge < -0.3 is 10.8 Å². The summed E-state index contributed by atoms with van der Waals surface area (Å²) in [5, 5.41) is 10.4. The quantitative estimate of drug-likeness (QED) is 0.871. The minimum absolute atomic E-state index is 0.218. The number of hydrogen-bond acceptors (Lipinski definition) is 2. The third-order valence-electron chi connectivity index (χ3n) is 4.99. The summed E-state index contributed by atoms with van der Waals surface area (Å²) >= 11 is 0. The number of benzene rings is 1. The summed E-state index contributed by atoms with van der Waals surface area (Å²) in [4.78, 5) is 0. The van der Waals surface area contributed by atoms with Gasteiger partial charge in [0.05, 0.1) is 12.1 Å². The SMILES string of the molecule is CCC(C)[C@H](O)[C@H](N)c1c(C)c(C)c(C)c(C)c1C. The normalized spacial score (nSPS) is 16.3. The lowest BCUT2D eigenvalue weighted by atomic mass is 9.82. The molecule has 1 aromatic rings. The van der Waals surface area contributed by atoms with E-state index in [2.05, 4.69) is 48.5 Å². The molecule has 3 N–H and O–H groups in total. The average Bonchev–Trinajstić information content (AvgIpc) is 2.41. The number of rotatable bonds is 4. The molecule has 0 radical (unpaired) electrons. The molecule has 1 unspecified atom stereocenters. The second kappa shape index (κ2) is 6.06. The molecule has 0 saturated carbocycles. The fourth-order valence-corrected chi connectivity index (χ4v) is 2.80. The van der Waals surface area contributed by atoms with Crippen molar-refractivity contribution in [1.29, 1.82) is 0 Å². The highest BCUT2D eigenvalue weighted by Crippen LogP contribution is 2.32. The maximum Gasteiger partial charge on any atom is 0.0758 e. The number of aliphatic hydroxyl groups is 1. The molecular weight excluding hydrogens is 234 g/mol. The maximum atomic E-state index is 10.4. The van der Waals surface area contributed by atoms with Crippen molar-refractivity contribution in [3.8, 4) is 0 Å². The van der Waals surface area contributed by atoms with E-state index < -0.39 is 6.10 Å². The molecule has 0 amide bonds. The Kier molecular flexibility index (Phi) is 5.17. The highest BCUT2D eigenvalue weighted by atomic mass is 16.3. The molecule has 1 aromatic carbocycles. The van der Waals surface area contributed by atoms with Gasteiger partial charge in [0, 0.05) is 0 Å². The number of aliphatic hydroxyl groups excluding tert-OH is 1. The van der Waals surface area contributed by atoms with Crippen molar-refractivity contribution in [1.82, 2.24) is 0 Å². The third-order valence-corrected chi connectivity index (χ3v) is 4.99. The van der Waals surface area contributed by atoms with Crippen LogP contribution in [0.15, 0.2) is 0 Å². The van der Waals surface area contributed by atoms with Crippen LogP contribution in [0.1, 0.15) is 59.7 Å². The predicted molar refractivity (Wildman–Crippen MR) is 82.5 cm³/mol. The van der Waals surface area contributed by atoms with Crippen molar-refractivity contribution < 1.29 is 5.11 Å². The Bertz CT molecular complexity index is 436. The standard InChI is InChI=1S/C17H29NO/c1-8-9(2)17(19)16(18)15-13(6)11(4)10(3)12(5)14(15)7/h9,16-17,19H,8,18H2,1-7H3/t9?,16-,17+/m1/s1. The lowest BCUT2D eigenvalue weighted by molar-refractivity contribution is 0.0875. The summed E-state index contributed by atoms with van der Waals surface area (Å²) in [7, 11) is 0. The molecule has 19 heavy (non-hydrogen) atoms. The van der Waals surface area contributed by atoms with Gasteiger partial charge in [-0.25, -0.2) is 0 Å². The van der Waals surface area contributed by atoms with Crippen molar-refractivity contribution in [3.63, 3.8) is 0 Å². The summed E-state index contributed by atoms with van der Waals surface area (Å²) in [6, 6.07) is -0.298. The zero-order valence-electron chi connectivity index (χ0n) is 13.5. The fourth-order valence-electron chi connectivity index (χ4n) is 2.80. The first-order valence-corrected chi connectivity index (χ1v) is 7.24. The number of hydrogen-bond donors (Lipinski definition) is 2. The fraction of sp³-hybridized carbons (Fsp3) is 0.647. The minimum Gasteiger partial charge on any atom is -0.391 e. The average molecular weight is 263 g/mol. The monoisotopic (exact) mass is 263 g/mol. The van der Waals surface area contributed by atoms with E-state index >= 15 is 0 Å². The highest BCUT2D eigenvalue weighted by Gasteiger charge is 2.26. The van der Waals surface area contributed by atoms with Crippen LogP contribution in [-0.2, 0) is 0 Å². The Labute approximate surface area is 118 Å². The van der Waals surface area contributed by atoms with Crippen LogP contribution in [-0.4, -0.2) is 11.2 Å². The Morgan fingerprint density at radius 2 is 1.26 bits per heavy atom. The molecule has 0 saturated heterocycles. The predicted octanol–water partition coefficient (Wildman–Crippen LogP) is 3.64. The van der Waals surface area contributed by atoms with E-state index in [0.29, 0.717) is 0 Å². The van der Waals surface area contributed by atoms with Crippen molar-refractivity contribution in [2.45, 2.75) is 67.0 Å². The Balaban J connectivity index is 3.35. The molecule has 0 aliphatic heterocycles. The summed E-state index contributed by atoms with van der Waals surface area (Å²) in [5.41, 5.74) is 13.9. The van der Waals surface area contributed by atoms with Crippen LogP contribution in [0, 0.1) is 40.5 Å². The zero-order valence-corrected chi connectivity index (χ0v) is 13.5. The van der Waals surface area contributed by atoms with Gasteiger partial charge in [0.15, 0.2) is 0 Å². The van der Waals surface area contributed by atoms with E-state index in [-0.39, 0.29) is 12.0 Å². The van der Waals surface area contributed by atoms with Crippen molar-refractivity contribution in [2.75, 3.05) is 0 Å². The van der Waals surface area contributed by atoms with Gasteiger partial charge in [0.1, 0.15) is 0 Å². The Hall–Kier alpha value is -0.860. The Morgan fingerprint density at radius 1 is 0.895 bits per heavy atom. The molecule has 108 valence electrons. The van der Waals surface area contributed by atoms with E-state index in [1.54, 1.807) is 0 Å². The van der Waals surface area contributed by atoms with Crippen LogP contribution in [0.25, 0.3) is 0 Å². The maximum absolute atomic E-state index is 10.4. The summed E-state index contributed by atoms with van der Waals surface area (Å²) in [5.74, 6) is 0.218. The largest absolute Gasteiger partial charge is 0.391 e. The van der Waals surface area contributed by atoms with Gasteiger partial charge in [0.2, 0.25) is 0 Å². The molecule has 1 rings (SSSR count). The van der Waals surface area contributed by atoms with E-state index in [0.717, 1.165) is 12.0 Å². The van der Waals surface area contributed by atoms with E-state index in [9.17, 15) is 5.11 Å². The lowest BCUT2D eigenvalue weighted by Crippen LogP contribution is -2.33. The van der Waals surface area contributed by atoms with Gasteiger partial charge in [0.25, 0.3) is 0 Å². The molecule has 2 heteroatoms. The van der Waals surface area contributed by atoms with Crippen LogP contribution in [0.2, 0.25) is 0 Å². The molecule has 0 spiro atoms. The van der Waals surface area contributed by atoms with E-state index in [1.165, 1.54) is 27.8 Å². The number of nitrogens with two attached hydrogens (primary N) is 1. The van der Waals surface area contributed by atoms with E-state index in [1.807, 2.05) is 0 Å². The topological polar surface area (TPSA) is 46.2 Å². The van der Waals surface area contributed by atoms with Crippen LogP contribution in [0.5, 0.6) is 0 Å². The molecule has 0 aliphatic rings. The van der Waals surface area contributed by atoms with Crippen LogP contribution in [0.4, 0.5) is 0 Å². The second-order valence-corrected chi connectivity index (χ2v) is 5.94. The molecular formula is C17H29NO. The van der Waals surface area contributed by atoms with Crippen molar-refractivity contribution >= 4 is 0 Å². The van der Waals surface area contributed by atoms with Crippen molar-refractivity contribution in [3.05, 3.63) is 33.4 Å². The van der Waals surface area contributed by atoms with Gasteiger partial charge in [-0.2, -0.15) is 0 Å². The molecule has 0 heterocycles. The van der Waals surface area contributed by atoms with Crippen LogP contribution >= 0.6 is 0 Å². The van der Waals surface area contributed by atoms with Crippen molar-refractivity contribution in [2.24, 2.45) is 11.7 Å². The first-order valence-electron chi connectivity index (χ1n) is 7.24. The Morgan fingerprint density at radius 3 is 1.63 bits per heavy atom. The minimum atomic E-state index is -0.482. The summed E-state index contributed by atoms with van der Waals surface area (Å²) < 4.78 is 0. The second-order valence-electron chi connectivity index (χ2n) is 5.94. The van der Waals surface area contributed by atoms with E-state index in [4.69, 9.17) is 5.73 Å². The van der Waals surface area contributed by atoms with Gasteiger partial charge in [-0.05, 0) is 73.9 Å². The summed E-state index contributed by atoms with van der Waals surface area (Å²) in [6.07, 6.45) is 0.459. The third kappa shape index (κ3) is 2.85. The molecule has 0 fully saturated rings. The summed E-state index contributed by atoms with van der Waals surface area (Å²) in [6.45, 7) is 14.8. The van der Waals surface area contributed by atoms with Gasteiger partial charge in [-0.15, -0.1) is 0 Å². The smallest absolute Gasteiger partial charge is 0.0758 e. The van der Waals surface area contributed by atoms with Crippen LogP contribution in [0.3, 0.4) is 0 Å². The lowest BCUT2D eigenvalue weighted by Gasteiger charge is -2.29. The highest BCUT2D eigenvalue weighted by molar-refractivity contribution is 5.50. The molecule has 3 atom stereocenters. The molecule has 0 aliphatic carbocycles. The zero-order chi connectivity index (χ0) is 14.9. The van der Waals surface area contributed by atoms with Gasteiger partial charge in [-0.3, -0.25) is 0 Å². The van der Waals surface area contributed by atoms with Gasteiger partial charge >= 0.3 is 0 Å². The molecule has 0 bridgehead atoms. The first-order chi connectivity index (χ1) is 8.73. The first kappa shape index (κ1) is 16.2. The molecule has 0 aromatic heterocycles.